The zero-order chi connectivity index (χ0) is 9.26. The summed E-state index contributed by atoms with van der Waals surface area (Å²) >= 11 is 0. The molecule has 0 amide bonds. The summed E-state index contributed by atoms with van der Waals surface area (Å²) in [6.45, 7) is 0. The number of nitrogens with one attached hydrogen (secondary N) is 2. The Labute approximate surface area is 72.8 Å². The van der Waals surface area contributed by atoms with E-state index in [4.69, 9.17) is 5.73 Å². The lowest BCUT2D eigenvalue weighted by atomic mass is 10.3. The van der Waals surface area contributed by atoms with Crippen LogP contribution in [0.2, 0.25) is 0 Å². The maximum atomic E-state index is 10.7. The van der Waals surface area contributed by atoms with Gasteiger partial charge in [0.1, 0.15) is 0 Å². The molecule has 6 nitrogen and oxygen atoms in total. The Hall–Kier alpha value is -2.11. The number of nitrogen functional groups attached to an aromatic ring is 1. The highest BCUT2D eigenvalue weighted by molar-refractivity contribution is 5.53. The van der Waals surface area contributed by atoms with Crippen molar-refractivity contribution in [2.45, 2.75) is 0 Å². The van der Waals surface area contributed by atoms with Gasteiger partial charge in [0.05, 0.1) is 0 Å². The van der Waals surface area contributed by atoms with Gasteiger partial charge in [0.15, 0.2) is 5.82 Å². The molecule has 0 saturated carbocycles. The van der Waals surface area contributed by atoms with Crippen LogP contribution in [0.4, 0.5) is 5.95 Å². The minimum atomic E-state index is -0.156. The Morgan fingerprint density at radius 3 is 2.77 bits per heavy atom. The van der Waals surface area contributed by atoms with Gasteiger partial charge < -0.3 is 10.7 Å². The molecule has 0 radical (unpaired) electrons. The molecule has 0 fully saturated rings. The number of hydrogen-bond donors (Lipinski definition) is 3. The Morgan fingerprint density at radius 2 is 2.23 bits per heavy atom. The first-order valence-electron chi connectivity index (χ1n) is 3.63. The number of nitrogens with two attached hydrogens (primary N) is 1. The lowest BCUT2D eigenvalue weighted by Crippen LogP contribution is -2.01. The SMILES string of the molecule is Nc1n[nH]c(-c2ccc(=O)[nH]c2)n1. The van der Waals surface area contributed by atoms with Crippen LogP contribution in [0.3, 0.4) is 0 Å². The number of H-pyrrole nitrogens is 2. The second-order valence-corrected chi connectivity index (χ2v) is 2.48. The number of rotatable bonds is 1. The van der Waals surface area contributed by atoms with Crippen LogP contribution in [-0.4, -0.2) is 20.2 Å². The summed E-state index contributed by atoms with van der Waals surface area (Å²) in [6, 6.07) is 3.05. The molecule has 66 valence electrons. The van der Waals surface area contributed by atoms with Crippen LogP contribution >= 0.6 is 0 Å². The minimum absolute atomic E-state index is 0.156. The van der Waals surface area contributed by atoms with E-state index in [1.54, 1.807) is 12.3 Å². The first-order chi connectivity index (χ1) is 6.25. The molecular formula is C7H7N5O. The molecule has 0 aliphatic rings. The van der Waals surface area contributed by atoms with Gasteiger partial charge in [-0.25, -0.2) is 0 Å². The predicted molar refractivity (Wildman–Crippen MR) is 46.9 cm³/mol. The van der Waals surface area contributed by atoms with Crippen LogP contribution in [0, 0.1) is 0 Å². The van der Waals surface area contributed by atoms with Gasteiger partial charge in [-0.2, -0.15) is 4.98 Å². The summed E-state index contributed by atoms with van der Waals surface area (Å²) in [5, 5.41) is 6.30. The van der Waals surface area contributed by atoms with Gasteiger partial charge in [-0.1, -0.05) is 0 Å². The van der Waals surface area contributed by atoms with Crippen molar-refractivity contribution in [3.63, 3.8) is 0 Å². The second kappa shape index (κ2) is 2.74. The van der Waals surface area contributed by atoms with E-state index < -0.39 is 0 Å². The standard InChI is InChI=1S/C7H7N5O/c8-7-10-6(11-12-7)4-1-2-5(13)9-3-4/h1-3H,(H,9,13)(H3,8,10,11,12). The van der Waals surface area contributed by atoms with Gasteiger partial charge in [-0.3, -0.25) is 9.89 Å². The van der Waals surface area contributed by atoms with Crippen molar-refractivity contribution < 1.29 is 0 Å². The van der Waals surface area contributed by atoms with Crippen molar-refractivity contribution in [1.29, 1.82) is 0 Å². The van der Waals surface area contributed by atoms with Gasteiger partial charge in [0.25, 0.3) is 0 Å². The normalized spacial score (nSPS) is 10.2. The number of aromatic amines is 2. The van der Waals surface area contributed by atoms with Crippen molar-refractivity contribution in [2.75, 3.05) is 5.73 Å². The number of aromatic nitrogens is 4. The van der Waals surface area contributed by atoms with Crippen LogP contribution in [-0.2, 0) is 0 Å². The largest absolute Gasteiger partial charge is 0.366 e. The third kappa shape index (κ3) is 1.41. The van der Waals surface area contributed by atoms with E-state index in [0.29, 0.717) is 5.82 Å². The number of pyridine rings is 1. The third-order valence-corrected chi connectivity index (χ3v) is 1.56. The summed E-state index contributed by atoms with van der Waals surface area (Å²) in [5.74, 6) is 0.718. The number of hydrogen-bond acceptors (Lipinski definition) is 4. The Balaban J connectivity index is 2.47. The van der Waals surface area contributed by atoms with E-state index >= 15 is 0 Å². The molecule has 0 saturated heterocycles. The molecule has 0 aliphatic heterocycles. The number of anilines is 1. The minimum Gasteiger partial charge on any atom is -0.366 e. The third-order valence-electron chi connectivity index (χ3n) is 1.56. The first kappa shape index (κ1) is 7.53. The van der Waals surface area contributed by atoms with Crippen molar-refractivity contribution in [1.82, 2.24) is 20.2 Å². The van der Waals surface area contributed by atoms with Crippen molar-refractivity contribution in [3.05, 3.63) is 28.7 Å². The topological polar surface area (TPSA) is 100 Å². The fraction of sp³-hybridized carbons (Fsp3) is 0. The molecule has 0 aromatic carbocycles. The molecule has 2 heterocycles. The van der Waals surface area contributed by atoms with E-state index in [1.807, 2.05) is 0 Å². The molecule has 2 aromatic rings. The monoisotopic (exact) mass is 177 g/mol. The van der Waals surface area contributed by atoms with Gasteiger partial charge >= 0.3 is 0 Å². The predicted octanol–water partition coefficient (Wildman–Crippen LogP) is -0.258. The molecule has 0 bridgehead atoms. The molecule has 2 aromatic heterocycles. The smallest absolute Gasteiger partial charge is 0.247 e. The van der Waals surface area contributed by atoms with E-state index in [1.165, 1.54) is 6.07 Å². The average molecular weight is 177 g/mol. The first-order valence-corrected chi connectivity index (χ1v) is 3.63. The van der Waals surface area contributed by atoms with Crippen LogP contribution in [0.5, 0.6) is 0 Å². The molecule has 0 atom stereocenters. The highest BCUT2D eigenvalue weighted by Gasteiger charge is 2.01. The average Bonchev–Trinajstić information content (AvgIpc) is 2.53. The maximum absolute atomic E-state index is 10.7. The lowest BCUT2D eigenvalue weighted by Gasteiger charge is -1.91. The molecule has 4 N–H and O–H groups in total. The summed E-state index contributed by atoms with van der Waals surface area (Å²) in [5.41, 5.74) is 5.90. The molecule has 0 unspecified atom stereocenters. The van der Waals surface area contributed by atoms with E-state index in [0.717, 1.165) is 5.56 Å². The van der Waals surface area contributed by atoms with Crippen LogP contribution in [0.25, 0.3) is 11.4 Å². The van der Waals surface area contributed by atoms with Gasteiger partial charge in [0.2, 0.25) is 11.5 Å². The van der Waals surface area contributed by atoms with Crippen molar-refractivity contribution >= 4 is 5.95 Å². The molecule has 6 heteroatoms. The number of nitrogens with zero attached hydrogens (tertiary/aromatic N) is 2. The highest BCUT2D eigenvalue weighted by atomic mass is 16.1. The zero-order valence-corrected chi connectivity index (χ0v) is 6.61. The van der Waals surface area contributed by atoms with Crippen molar-refractivity contribution in [2.24, 2.45) is 0 Å². The fourth-order valence-electron chi connectivity index (χ4n) is 0.962. The Morgan fingerprint density at radius 1 is 1.38 bits per heavy atom. The molecule has 13 heavy (non-hydrogen) atoms. The molecule has 0 spiro atoms. The van der Waals surface area contributed by atoms with Crippen LogP contribution in [0.1, 0.15) is 0 Å². The quantitative estimate of drug-likeness (QED) is 0.558. The second-order valence-electron chi connectivity index (χ2n) is 2.48. The maximum Gasteiger partial charge on any atom is 0.247 e. The summed E-state index contributed by atoms with van der Waals surface area (Å²) in [6.07, 6.45) is 1.54. The summed E-state index contributed by atoms with van der Waals surface area (Å²) < 4.78 is 0. The highest BCUT2D eigenvalue weighted by Crippen LogP contribution is 2.10. The zero-order valence-electron chi connectivity index (χ0n) is 6.61. The Bertz CT molecular complexity index is 451. The molecular weight excluding hydrogens is 170 g/mol. The van der Waals surface area contributed by atoms with Crippen molar-refractivity contribution in [3.8, 4) is 11.4 Å². The van der Waals surface area contributed by atoms with E-state index in [-0.39, 0.29) is 11.5 Å². The van der Waals surface area contributed by atoms with E-state index in [2.05, 4.69) is 20.2 Å². The molecule has 2 rings (SSSR count). The summed E-state index contributed by atoms with van der Waals surface area (Å²) in [7, 11) is 0. The van der Waals surface area contributed by atoms with Crippen LogP contribution < -0.4 is 11.3 Å². The van der Waals surface area contributed by atoms with Gasteiger partial charge in [-0.05, 0) is 6.07 Å². The van der Waals surface area contributed by atoms with Gasteiger partial charge in [-0.15, -0.1) is 5.10 Å². The van der Waals surface area contributed by atoms with Gasteiger partial charge in [0, 0.05) is 17.8 Å². The van der Waals surface area contributed by atoms with E-state index in [9.17, 15) is 4.79 Å². The molecule has 0 aliphatic carbocycles. The Kier molecular flexibility index (Phi) is 1.59. The lowest BCUT2D eigenvalue weighted by molar-refractivity contribution is 1.10. The summed E-state index contributed by atoms with van der Waals surface area (Å²) in [4.78, 5) is 17.2. The fourth-order valence-corrected chi connectivity index (χ4v) is 0.962. The van der Waals surface area contributed by atoms with Crippen LogP contribution in [0.15, 0.2) is 23.1 Å².